The second kappa shape index (κ2) is 11.3. The lowest BCUT2D eigenvalue weighted by molar-refractivity contribution is 0.0515. The summed E-state index contributed by atoms with van der Waals surface area (Å²) in [4.78, 5) is 28.9. The van der Waals surface area contributed by atoms with E-state index in [9.17, 15) is 9.59 Å². The summed E-state index contributed by atoms with van der Waals surface area (Å²) in [7, 11) is 1.21. The Balaban J connectivity index is 1.55. The van der Waals surface area contributed by atoms with Crippen molar-refractivity contribution in [3.05, 3.63) is 79.2 Å². The summed E-state index contributed by atoms with van der Waals surface area (Å²) < 4.78 is 47.6. The monoisotopic (exact) mass is 640 g/mol. The number of nitrogens with zero attached hydrogens (tertiary/aromatic N) is 2. The minimum Gasteiger partial charge on any atom is -0.472 e. The van der Waals surface area contributed by atoms with Crippen molar-refractivity contribution in [2.45, 2.75) is 6.54 Å². The second-order valence-electron chi connectivity index (χ2n) is 8.87. The molecule has 7 nitrogen and oxygen atoms in total. The van der Waals surface area contributed by atoms with Gasteiger partial charge in [0.1, 0.15) is 17.4 Å². The van der Waals surface area contributed by atoms with Crippen LogP contribution in [0.3, 0.4) is 0 Å². The van der Waals surface area contributed by atoms with E-state index in [2.05, 4.69) is 15.9 Å². The molecule has 0 unspecified atom stereocenters. The van der Waals surface area contributed by atoms with Gasteiger partial charge in [-0.25, -0.2) is 13.6 Å². The number of amides is 1. The van der Waals surface area contributed by atoms with Gasteiger partial charge in [-0.05, 0) is 30.3 Å². The largest absolute Gasteiger partial charge is 0.472 e. The van der Waals surface area contributed by atoms with Crippen molar-refractivity contribution in [3.63, 3.8) is 0 Å². The smallest absolute Gasteiger partial charge is 0.340 e. The molecule has 0 radical (unpaired) electrons. The molecule has 0 aromatic heterocycles. The average molecular weight is 642 g/mol. The van der Waals surface area contributed by atoms with E-state index in [4.69, 9.17) is 37.4 Å². The molecule has 0 N–H and O–H groups in total. The zero-order valence-electron chi connectivity index (χ0n) is 20.5. The molecule has 1 amide bonds. The van der Waals surface area contributed by atoms with Gasteiger partial charge in [-0.1, -0.05) is 45.2 Å². The molecule has 2 aliphatic heterocycles. The molecular weight excluding hydrogens is 621 g/mol. The van der Waals surface area contributed by atoms with Gasteiger partial charge in [0.2, 0.25) is 0 Å². The molecule has 0 aliphatic carbocycles. The Morgan fingerprint density at radius 2 is 1.72 bits per heavy atom. The van der Waals surface area contributed by atoms with E-state index in [1.165, 1.54) is 30.2 Å². The highest BCUT2D eigenvalue weighted by Crippen LogP contribution is 2.42. The number of benzene rings is 3. The first-order valence-electron chi connectivity index (χ1n) is 11.8. The van der Waals surface area contributed by atoms with Crippen LogP contribution >= 0.6 is 39.1 Å². The predicted molar refractivity (Wildman–Crippen MR) is 146 cm³/mol. The van der Waals surface area contributed by atoms with Gasteiger partial charge in [0.25, 0.3) is 5.91 Å². The minimum absolute atomic E-state index is 0.0202. The maximum atomic E-state index is 15.5. The van der Waals surface area contributed by atoms with Crippen LogP contribution in [0.5, 0.6) is 5.75 Å². The fourth-order valence-corrected chi connectivity index (χ4v) is 6.03. The molecule has 5 rings (SSSR count). The van der Waals surface area contributed by atoms with Crippen molar-refractivity contribution in [1.82, 2.24) is 4.90 Å². The van der Waals surface area contributed by atoms with Crippen molar-refractivity contribution >= 4 is 56.7 Å². The van der Waals surface area contributed by atoms with E-state index in [-0.39, 0.29) is 51.3 Å². The molecule has 204 valence electrons. The van der Waals surface area contributed by atoms with Crippen LogP contribution in [0.4, 0.5) is 14.5 Å². The van der Waals surface area contributed by atoms with E-state index in [1.807, 2.05) is 4.90 Å². The van der Waals surface area contributed by atoms with E-state index in [1.54, 1.807) is 12.1 Å². The van der Waals surface area contributed by atoms with Gasteiger partial charge >= 0.3 is 5.97 Å². The quantitative estimate of drug-likeness (QED) is 0.311. The third-order valence-corrected chi connectivity index (χ3v) is 7.59. The number of hydrogen-bond acceptors (Lipinski definition) is 6. The molecule has 3 aromatic carbocycles. The summed E-state index contributed by atoms with van der Waals surface area (Å²) in [6.07, 6.45) is 0. The lowest BCUT2D eigenvalue weighted by atomic mass is 9.96. The second-order valence-corrected chi connectivity index (χ2v) is 10.6. The van der Waals surface area contributed by atoms with Gasteiger partial charge in [-0.15, -0.1) is 0 Å². The van der Waals surface area contributed by atoms with Crippen LogP contribution in [0.2, 0.25) is 10.0 Å². The van der Waals surface area contributed by atoms with Gasteiger partial charge < -0.3 is 24.0 Å². The molecule has 1 fully saturated rings. The summed E-state index contributed by atoms with van der Waals surface area (Å²) in [6.45, 7) is 1.55. The highest BCUT2D eigenvalue weighted by molar-refractivity contribution is 9.10. The fourth-order valence-electron chi connectivity index (χ4n) is 4.66. The van der Waals surface area contributed by atoms with Crippen LogP contribution in [0, 0.1) is 11.6 Å². The van der Waals surface area contributed by atoms with Crippen molar-refractivity contribution in [3.8, 4) is 16.9 Å². The highest BCUT2D eigenvalue weighted by atomic mass is 79.9. The third-order valence-electron chi connectivity index (χ3n) is 6.53. The first-order chi connectivity index (χ1) is 18.7. The Morgan fingerprint density at radius 3 is 2.38 bits per heavy atom. The molecule has 0 atom stereocenters. The van der Waals surface area contributed by atoms with Crippen LogP contribution in [-0.2, 0) is 16.0 Å². The Bertz CT molecular complexity index is 1460. The first kappa shape index (κ1) is 27.6. The van der Waals surface area contributed by atoms with Crippen molar-refractivity contribution in [1.29, 1.82) is 0 Å². The minimum atomic E-state index is -0.824. The Morgan fingerprint density at radius 1 is 1.03 bits per heavy atom. The number of fused-ring (bicyclic) bond motifs is 1. The Labute approximate surface area is 241 Å². The Kier molecular flexibility index (Phi) is 8.00. The molecule has 1 saturated heterocycles. The standard InChI is InChI=1S/C27H21BrCl2F2N2O5/c1-37-27(36)17-10-21(32)16(11-22(17)33-4-6-38-7-5-33)23-20(31)3-2-14-12-34(13-39-25(14)23)26(35)24-18(29)8-15(28)9-19(24)30/h2-3,8-11H,4-7,12-13H2,1H3. The lowest BCUT2D eigenvalue weighted by Gasteiger charge is -2.32. The molecular formula is C27H21BrCl2F2N2O5. The number of morpholine rings is 1. The summed E-state index contributed by atoms with van der Waals surface area (Å²) in [6, 6.07) is 8.24. The number of ether oxygens (including phenoxy) is 3. The molecule has 2 aliphatic rings. The summed E-state index contributed by atoms with van der Waals surface area (Å²) >= 11 is 15.8. The molecule has 39 heavy (non-hydrogen) atoms. The van der Waals surface area contributed by atoms with Crippen molar-refractivity contribution in [2.24, 2.45) is 0 Å². The topological polar surface area (TPSA) is 68.3 Å². The fraction of sp³-hybridized carbons (Fsp3) is 0.259. The lowest BCUT2D eigenvalue weighted by Crippen LogP contribution is -2.38. The normalized spacial score (nSPS) is 15.0. The van der Waals surface area contributed by atoms with Gasteiger partial charge in [0.05, 0.1) is 59.3 Å². The van der Waals surface area contributed by atoms with Gasteiger partial charge in [0.15, 0.2) is 6.73 Å². The molecule has 3 aromatic rings. The van der Waals surface area contributed by atoms with E-state index in [0.717, 1.165) is 6.07 Å². The number of esters is 1. The van der Waals surface area contributed by atoms with Crippen molar-refractivity contribution < 1.29 is 32.6 Å². The van der Waals surface area contributed by atoms with Crippen LogP contribution in [0.1, 0.15) is 26.3 Å². The number of carbonyl (C=O) groups excluding carboxylic acids is 2. The van der Waals surface area contributed by atoms with Crippen LogP contribution in [0.15, 0.2) is 40.9 Å². The first-order valence-corrected chi connectivity index (χ1v) is 13.4. The number of carbonyl (C=O) groups is 2. The number of hydrogen-bond donors (Lipinski definition) is 0. The molecule has 0 spiro atoms. The molecule has 2 heterocycles. The maximum Gasteiger partial charge on any atom is 0.340 e. The maximum absolute atomic E-state index is 15.5. The van der Waals surface area contributed by atoms with Crippen LogP contribution < -0.4 is 9.64 Å². The molecule has 0 saturated carbocycles. The summed E-state index contributed by atoms with van der Waals surface area (Å²) in [5.41, 5.74) is 0.785. The predicted octanol–water partition coefficient (Wildman–Crippen LogP) is 6.32. The van der Waals surface area contributed by atoms with Gasteiger partial charge in [-0.2, -0.15) is 0 Å². The number of methoxy groups -OCH3 is 1. The van der Waals surface area contributed by atoms with Crippen LogP contribution in [0.25, 0.3) is 11.1 Å². The molecule has 12 heteroatoms. The SMILES string of the molecule is COC(=O)c1cc(F)c(-c2c(F)ccc3c2OCN(C(=O)c2c(Cl)cc(Br)cc2Cl)C3)cc1N1CCOCC1. The van der Waals surface area contributed by atoms with E-state index < -0.39 is 23.5 Å². The van der Waals surface area contributed by atoms with E-state index in [0.29, 0.717) is 42.0 Å². The van der Waals surface area contributed by atoms with E-state index >= 15 is 8.78 Å². The third kappa shape index (κ3) is 5.30. The van der Waals surface area contributed by atoms with Crippen molar-refractivity contribution in [2.75, 3.05) is 45.0 Å². The number of rotatable bonds is 4. The summed E-state index contributed by atoms with van der Waals surface area (Å²) in [5, 5.41) is 0.321. The van der Waals surface area contributed by atoms with Crippen LogP contribution in [-0.4, -0.2) is 56.9 Å². The summed E-state index contributed by atoms with van der Waals surface area (Å²) in [5.74, 6) is -2.63. The Hall–Kier alpha value is -2.92. The van der Waals surface area contributed by atoms with Gasteiger partial charge in [0, 0.05) is 28.7 Å². The number of anilines is 1. The van der Waals surface area contributed by atoms with Gasteiger partial charge in [-0.3, -0.25) is 4.79 Å². The zero-order valence-corrected chi connectivity index (χ0v) is 23.6. The zero-order chi connectivity index (χ0) is 27.8. The number of halogens is 5. The highest BCUT2D eigenvalue weighted by Gasteiger charge is 2.31. The average Bonchev–Trinajstić information content (AvgIpc) is 2.92. The molecule has 0 bridgehead atoms.